The molecule has 0 radical (unpaired) electrons. The molecule has 150 valence electrons. The van der Waals surface area contributed by atoms with Crippen molar-refractivity contribution >= 4 is 22.9 Å². The molecule has 1 saturated heterocycles. The predicted octanol–water partition coefficient (Wildman–Crippen LogP) is 3.09. The van der Waals surface area contributed by atoms with Crippen LogP contribution in [0.5, 0.6) is 5.75 Å². The van der Waals surface area contributed by atoms with Gasteiger partial charge in [0, 0.05) is 17.9 Å². The summed E-state index contributed by atoms with van der Waals surface area (Å²) in [5.41, 5.74) is 0.407. The van der Waals surface area contributed by atoms with Crippen molar-refractivity contribution in [2.24, 2.45) is 10.9 Å². The van der Waals surface area contributed by atoms with Gasteiger partial charge in [0.25, 0.3) is 0 Å². The number of aliphatic hydroxyl groups excluding tert-OH is 1. The third-order valence-electron chi connectivity index (χ3n) is 5.76. The molecule has 1 unspecified atom stereocenters. The Hall–Kier alpha value is -2.51. The number of carbonyl (C=O) groups is 1. The molecule has 2 aromatic carbocycles. The first-order valence-corrected chi connectivity index (χ1v) is 10.8. The van der Waals surface area contributed by atoms with E-state index in [9.17, 15) is 9.90 Å². The first-order chi connectivity index (χ1) is 14.2. The molecule has 1 fully saturated rings. The second-order valence-electron chi connectivity index (χ2n) is 7.45. The summed E-state index contributed by atoms with van der Waals surface area (Å²) in [7, 11) is 0. The van der Waals surface area contributed by atoms with Gasteiger partial charge in [-0.3, -0.25) is 0 Å². The first kappa shape index (κ1) is 18.5. The van der Waals surface area contributed by atoms with Gasteiger partial charge in [0.05, 0.1) is 17.5 Å². The summed E-state index contributed by atoms with van der Waals surface area (Å²) in [5.74, 6) is 1.04. The summed E-state index contributed by atoms with van der Waals surface area (Å²) in [6.45, 7) is 0.726. The molecule has 0 saturated carbocycles. The average molecular weight is 410 g/mol. The van der Waals surface area contributed by atoms with E-state index in [4.69, 9.17) is 14.5 Å². The Labute approximate surface area is 173 Å². The van der Waals surface area contributed by atoms with E-state index in [2.05, 4.69) is 11.0 Å². The largest absolute Gasteiger partial charge is 0.463 e. The quantitative estimate of drug-likeness (QED) is 0.781. The molecule has 3 heterocycles. The topological polar surface area (TPSA) is 71.4 Å². The lowest BCUT2D eigenvalue weighted by Crippen LogP contribution is -2.61. The normalized spacial score (nSPS) is 27.2. The number of para-hydroxylation sites is 1. The van der Waals surface area contributed by atoms with Crippen LogP contribution in [-0.2, 0) is 4.74 Å². The van der Waals surface area contributed by atoms with Gasteiger partial charge in [0.15, 0.2) is 5.17 Å². The third kappa shape index (κ3) is 3.09. The molecule has 1 N–H and O–H groups in total. The molecule has 3 aliphatic heterocycles. The standard InChI is InChI=1S/C22H22N2O4S/c25-14-22-17(13-27-20(26)15-7-2-1-3-8-15)19(16-9-4-5-10-18(16)28-22)24-11-6-12-29-21(24)23-22/h1-5,7-10,17,19,25H,6,11-14H2/t17-,19-,22?/m1/s1. The predicted molar refractivity (Wildman–Crippen MR) is 111 cm³/mol. The number of esters is 1. The highest BCUT2D eigenvalue weighted by molar-refractivity contribution is 8.13. The van der Waals surface area contributed by atoms with Gasteiger partial charge in [0.2, 0.25) is 5.72 Å². The van der Waals surface area contributed by atoms with Crippen molar-refractivity contribution in [2.45, 2.75) is 18.2 Å². The van der Waals surface area contributed by atoms with E-state index >= 15 is 0 Å². The van der Waals surface area contributed by atoms with Gasteiger partial charge in [-0.1, -0.05) is 48.2 Å². The van der Waals surface area contributed by atoms with Crippen LogP contribution in [0.2, 0.25) is 0 Å². The lowest BCUT2D eigenvalue weighted by molar-refractivity contribution is -0.103. The van der Waals surface area contributed by atoms with E-state index in [-0.39, 0.29) is 31.1 Å². The van der Waals surface area contributed by atoms with Gasteiger partial charge in [-0.05, 0) is 24.6 Å². The van der Waals surface area contributed by atoms with Crippen LogP contribution in [0, 0.1) is 5.92 Å². The third-order valence-corrected chi connectivity index (χ3v) is 6.83. The van der Waals surface area contributed by atoms with E-state index in [1.54, 1.807) is 23.9 Å². The second-order valence-corrected chi connectivity index (χ2v) is 8.51. The van der Waals surface area contributed by atoms with Crippen LogP contribution >= 0.6 is 11.8 Å². The molecule has 29 heavy (non-hydrogen) atoms. The summed E-state index contributed by atoms with van der Waals surface area (Å²) in [6, 6.07) is 16.8. The Kier molecular flexibility index (Phi) is 4.72. The number of thioether (sulfide) groups is 1. The smallest absolute Gasteiger partial charge is 0.338 e. The van der Waals surface area contributed by atoms with Gasteiger partial charge < -0.3 is 19.5 Å². The van der Waals surface area contributed by atoms with Gasteiger partial charge in [-0.25, -0.2) is 9.79 Å². The van der Waals surface area contributed by atoms with Crippen LogP contribution in [0.1, 0.15) is 28.4 Å². The number of nitrogens with zero attached hydrogens (tertiary/aromatic N) is 2. The number of aliphatic imine (C=N–C) groups is 1. The highest BCUT2D eigenvalue weighted by Crippen LogP contribution is 2.52. The number of ether oxygens (including phenoxy) is 2. The molecular formula is C22H22N2O4S. The molecule has 6 nitrogen and oxygen atoms in total. The van der Waals surface area contributed by atoms with Crippen molar-refractivity contribution in [3.63, 3.8) is 0 Å². The molecule has 7 heteroatoms. The Bertz CT molecular complexity index is 951. The highest BCUT2D eigenvalue weighted by atomic mass is 32.2. The van der Waals surface area contributed by atoms with Crippen LogP contribution < -0.4 is 4.74 Å². The van der Waals surface area contributed by atoms with Crippen molar-refractivity contribution in [3.05, 3.63) is 65.7 Å². The maximum atomic E-state index is 12.5. The van der Waals surface area contributed by atoms with Crippen LogP contribution in [0.3, 0.4) is 0 Å². The van der Waals surface area contributed by atoms with E-state index in [0.717, 1.165) is 35.2 Å². The summed E-state index contributed by atoms with van der Waals surface area (Å²) >= 11 is 1.69. The van der Waals surface area contributed by atoms with Crippen LogP contribution in [0.25, 0.3) is 0 Å². The van der Waals surface area contributed by atoms with Gasteiger partial charge >= 0.3 is 5.97 Å². The monoisotopic (exact) mass is 410 g/mol. The zero-order chi connectivity index (χ0) is 19.8. The summed E-state index contributed by atoms with van der Waals surface area (Å²) in [4.78, 5) is 19.7. The second kappa shape index (κ2) is 7.39. The van der Waals surface area contributed by atoms with Crippen LogP contribution in [0.15, 0.2) is 59.6 Å². The maximum absolute atomic E-state index is 12.5. The lowest BCUT2D eigenvalue weighted by Gasteiger charge is -2.53. The fraction of sp³-hybridized carbons (Fsp3) is 0.364. The van der Waals surface area contributed by atoms with Gasteiger partial charge in [-0.2, -0.15) is 0 Å². The zero-order valence-corrected chi connectivity index (χ0v) is 16.7. The van der Waals surface area contributed by atoms with E-state index in [1.807, 2.05) is 36.4 Å². The Morgan fingerprint density at radius 2 is 2.03 bits per heavy atom. The molecule has 2 bridgehead atoms. The molecule has 5 rings (SSSR count). The molecule has 3 atom stereocenters. The summed E-state index contributed by atoms with van der Waals surface area (Å²) in [5, 5.41) is 11.3. The Morgan fingerprint density at radius 3 is 2.86 bits per heavy atom. The Morgan fingerprint density at radius 1 is 1.24 bits per heavy atom. The fourth-order valence-electron chi connectivity index (χ4n) is 4.36. The molecule has 0 aliphatic carbocycles. The van der Waals surface area contributed by atoms with Crippen LogP contribution in [-0.4, -0.2) is 52.4 Å². The minimum atomic E-state index is -1.15. The van der Waals surface area contributed by atoms with Crippen molar-refractivity contribution in [1.29, 1.82) is 0 Å². The fourth-order valence-corrected chi connectivity index (χ4v) is 5.41. The van der Waals surface area contributed by atoms with Crippen molar-refractivity contribution in [3.8, 4) is 5.75 Å². The van der Waals surface area contributed by atoms with Crippen molar-refractivity contribution in [1.82, 2.24) is 4.90 Å². The number of rotatable bonds is 4. The van der Waals surface area contributed by atoms with E-state index in [1.165, 1.54) is 0 Å². The first-order valence-electron chi connectivity index (χ1n) is 9.82. The number of hydrogen-bond donors (Lipinski definition) is 1. The molecular weight excluding hydrogens is 388 g/mol. The Balaban J connectivity index is 1.51. The van der Waals surface area contributed by atoms with Crippen molar-refractivity contribution in [2.75, 3.05) is 25.5 Å². The minimum Gasteiger partial charge on any atom is -0.463 e. The number of carbonyl (C=O) groups excluding carboxylic acids is 1. The molecule has 3 aliphatic rings. The SMILES string of the molecule is O=C(OC[C@@H]1[C@H]2c3ccccc3OC1(CO)N=C1SCCCN12)c1ccccc1. The van der Waals surface area contributed by atoms with Gasteiger partial charge in [-0.15, -0.1) is 0 Å². The summed E-state index contributed by atoms with van der Waals surface area (Å²) < 4.78 is 12.0. The summed E-state index contributed by atoms with van der Waals surface area (Å²) in [6.07, 6.45) is 1.06. The van der Waals surface area contributed by atoms with E-state index < -0.39 is 5.72 Å². The minimum absolute atomic E-state index is 0.0593. The molecule has 0 aromatic heterocycles. The molecule has 0 spiro atoms. The molecule has 2 aromatic rings. The number of amidine groups is 1. The number of hydrogen-bond acceptors (Lipinski definition) is 7. The molecule has 0 amide bonds. The zero-order valence-electron chi connectivity index (χ0n) is 15.9. The average Bonchev–Trinajstić information content (AvgIpc) is 2.77. The van der Waals surface area contributed by atoms with E-state index in [0.29, 0.717) is 5.56 Å². The lowest BCUT2D eigenvalue weighted by atomic mass is 9.80. The van der Waals surface area contributed by atoms with Crippen LogP contribution in [0.4, 0.5) is 0 Å². The van der Waals surface area contributed by atoms with Crippen molar-refractivity contribution < 1.29 is 19.4 Å². The number of fused-ring (bicyclic) bond motifs is 6. The maximum Gasteiger partial charge on any atom is 0.338 e. The number of benzene rings is 2. The number of aliphatic hydroxyl groups is 1. The van der Waals surface area contributed by atoms with Gasteiger partial charge in [0.1, 0.15) is 19.0 Å². The highest BCUT2D eigenvalue weighted by Gasteiger charge is 2.56.